The molecule has 0 aliphatic carbocycles. The minimum absolute atomic E-state index is 0. The van der Waals surface area contributed by atoms with Gasteiger partial charge in [0.1, 0.15) is 11.3 Å². The first-order chi connectivity index (χ1) is 12.7. The molecule has 0 spiro atoms. The van der Waals surface area contributed by atoms with Crippen LogP contribution < -0.4 is 10.6 Å². The molecule has 1 unspecified atom stereocenters. The van der Waals surface area contributed by atoms with Crippen molar-refractivity contribution in [3.63, 3.8) is 0 Å². The summed E-state index contributed by atoms with van der Waals surface area (Å²) < 4.78 is 0. The molecule has 1 aliphatic heterocycles. The van der Waals surface area contributed by atoms with E-state index in [0.29, 0.717) is 11.7 Å². The topological polar surface area (TPSA) is 102 Å². The molecule has 7 nitrogen and oxygen atoms in total. The Labute approximate surface area is 173 Å². The van der Waals surface area contributed by atoms with Gasteiger partial charge in [-0.15, -0.1) is 24.8 Å². The second-order valence-electron chi connectivity index (χ2n) is 5.88. The number of carbonyl (C=O) groups is 1. The van der Waals surface area contributed by atoms with Gasteiger partial charge >= 0.3 is 0 Å². The van der Waals surface area contributed by atoms with Crippen LogP contribution >= 0.6 is 24.8 Å². The fourth-order valence-electron chi connectivity index (χ4n) is 2.87. The highest BCUT2D eigenvalue weighted by Gasteiger charge is 2.23. The number of aliphatic hydroxyl groups is 1. The van der Waals surface area contributed by atoms with E-state index in [1.54, 1.807) is 18.5 Å². The number of aromatic amines is 1. The van der Waals surface area contributed by atoms with Gasteiger partial charge in [-0.25, -0.2) is 9.98 Å². The average Bonchev–Trinajstić information content (AvgIpc) is 3.24. The summed E-state index contributed by atoms with van der Waals surface area (Å²) in [4.78, 5) is 23.9. The lowest BCUT2D eigenvalue weighted by molar-refractivity contribution is -0.115. The number of aliphatic hydroxyl groups excluding tert-OH is 1. The van der Waals surface area contributed by atoms with Crippen molar-refractivity contribution in [3.05, 3.63) is 71.7 Å². The number of aliphatic imine (C=N–C) groups is 1. The number of halogens is 2. The quantitative estimate of drug-likeness (QED) is 0.487. The third kappa shape index (κ3) is 4.33. The second-order valence-corrected chi connectivity index (χ2v) is 5.88. The number of nitrogens with one attached hydrogen (secondary N) is 3. The molecule has 3 heterocycles. The van der Waals surface area contributed by atoms with Crippen LogP contribution in [0.4, 0.5) is 0 Å². The van der Waals surface area contributed by atoms with Crippen LogP contribution in [0, 0.1) is 0 Å². The molecule has 1 atom stereocenters. The maximum Gasteiger partial charge on any atom is 0.276 e. The van der Waals surface area contributed by atoms with Gasteiger partial charge in [0, 0.05) is 23.3 Å². The van der Waals surface area contributed by atoms with Gasteiger partial charge in [0.15, 0.2) is 0 Å². The highest BCUT2D eigenvalue weighted by molar-refractivity contribution is 6.14. The Bertz CT molecular complexity index is 1020. The zero-order valence-corrected chi connectivity index (χ0v) is 16.3. The predicted molar refractivity (Wildman–Crippen MR) is 114 cm³/mol. The highest BCUT2D eigenvalue weighted by atomic mass is 35.5. The van der Waals surface area contributed by atoms with Gasteiger partial charge in [-0.1, -0.05) is 30.3 Å². The Kier molecular flexibility index (Phi) is 7.17. The summed E-state index contributed by atoms with van der Waals surface area (Å²) in [5.74, 6) is 0.0256. The van der Waals surface area contributed by atoms with Crippen LogP contribution in [0.1, 0.15) is 17.2 Å². The number of carbonyl (C=O) groups excluding carboxylic acids is 1. The summed E-state index contributed by atoms with van der Waals surface area (Å²) in [6.07, 6.45) is 5.21. The van der Waals surface area contributed by atoms with E-state index >= 15 is 0 Å². The molecule has 146 valence electrons. The molecule has 0 bridgehead atoms. The number of H-pyrrole nitrogens is 1. The van der Waals surface area contributed by atoms with Gasteiger partial charge in [0.2, 0.25) is 5.96 Å². The van der Waals surface area contributed by atoms with Crippen molar-refractivity contribution in [1.82, 2.24) is 20.6 Å². The maximum atomic E-state index is 12.2. The molecule has 4 N–H and O–H groups in total. The summed E-state index contributed by atoms with van der Waals surface area (Å²) in [5, 5.41) is 16.3. The Morgan fingerprint density at radius 1 is 1.14 bits per heavy atom. The van der Waals surface area contributed by atoms with Crippen molar-refractivity contribution in [2.75, 3.05) is 6.61 Å². The molecule has 9 heteroatoms. The molecule has 2 aromatic heterocycles. The van der Waals surface area contributed by atoms with Crippen molar-refractivity contribution < 1.29 is 9.90 Å². The zero-order valence-electron chi connectivity index (χ0n) is 14.6. The van der Waals surface area contributed by atoms with E-state index in [4.69, 9.17) is 0 Å². The van der Waals surface area contributed by atoms with Crippen LogP contribution in [-0.4, -0.2) is 33.5 Å². The zero-order chi connectivity index (χ0) is 17.9. The molecular weight excluding hydrogens is 401 g/mol. The molecular formula is C19H19Cl2N5O2. The number of guanidine groups is 1. The summed E-state index contributed by atoms with van der Waals surface area (Å²) in [6, 6.07) is 12.9. The van der Waals surface area contributed by atoms with E-state index in [-0.39, 0.29) is 43.4 Å². The molecule has 1 amide bonds. The van der Waals surface area contributed by atoms with Crippen LogP contribution in [0.15, 0.2) is 65.5 Å². The summed E-state index contributed by atoms with van der Waals surface area (Å²) in [7, 11) is 0. The average molecular weight is 420 g/mol. The second kappa shape index (κ2) is 9.36. The van der Waals surface area contributed by atoms with Crippen molar-refractivity contribution >= 4 is 53.8 Å². The van der Waals surface area contributed by atoms with Crippen LogP contribution in [0.5, 0.6) is 0 Å². The molecule has 0 fully saturated rings. The summed E-state index contributed by atoms with van der Waals surface area (Å²) in [5.41, 5.74) is 2.80. The Balaban J connectivity index is 0.00000140. The molecule has 1 aliphatic rings. The molecule has 3 aromatic rings. The minimum Gasteiger partial charge on any atom is -0.394 e. The third-order valence-electron chi connectivity index (χ3n) is 4.17. The van der Waals surface area contributed by atoms with E-state index in [1.165, 1.54) is 0 Å². The first-order valence-electron chi connectivity index (χ1n) is 8.21. The lowest BCUT2D eigenvalue weighted by Crippen LogP contribution is -2.39. The number of hydrogen-bond acceptors (Lipinski definition) is 5. The number of aromatic nitrogens is 2. The van der Waals surface area contributed by atoms with Crippen LogP contribution in [-0.2, 0) is 4.79 Å². The van der Waals surface area contributed by atoms with Crippen molar-refractivity contribution in [3.8, 4) is 0 Å². The third-order valence-corrected chi connectivity index (χ3v) is 4.17. The number of hydrogen-bond donors (Lipinski definition) is 4. The molecule has 1 aromatic carbocycles. The Hall–Kier alpha value is -2.87. The van der Waals surface area contributed by atoms with Crippen LogP contribution in [0.2, 0.25) is 0 Å². The van der Waals surface area contributed by atoms with Gasteiger partial charge in [0.25, 0.3) is 5.91 Å². The normalized spacial score (nSPS) is 15.4. The molecule has 0 saturated heterocycles. The first-order valence-corrected chi connectivity index (χ1v) is 8.21. The van der Waals surface area contributed by atoms with Gasteiger partial charge in [-0.3, -0.25) is 10.1 Å². The van der Waals surface area contributed by atoms with Gasteiger partial charge in [0.05, 0.1) is 12.6 Å². The van der Waals surface area contributed by atoms with E-state index in [9.17, 15) is 9.90 Å². The molecule has 0 saturated carbocycles. The number of benzene rings is 1. The van der Waals surface area contributed by atoms with Crippen molar-refractivity contribution in [2.24, 2.45) is 4.99 Å². The number of amides is 1. The number of nitrogens with zero attached hydrogens (tertiary/aromatic N) is 2. The minimum atomic E-state index is -0.355. The SMILES string of the molecule is Cl.Cl.O=C1NC(NC(CO)c2ccccc2)=N/C1=C\c1c[nH]c2ncccc12. The maximum absolute atomic E-state index is 12.2. The summed E-state index contributed by atoms with van der Waals surface area (Å²) in [6.45, 7) is -0.119. The lowest BCUT2D eigenvalue weighted by Gasteiger charge is -2.17. The molecule has 28 heavy (non-hydrogen) atoms. The van der Waals surface area contributed by atoms with Crippen molar-refractivity contribution in [1.29, 1.82) is 0 Å². The van der Waals surface area contributed by atoms with E-state index < -0.39 is 0 Å². The monoisotopic (exact) mass is 419 g/mol. The van der Waals surface area contributed by atoms with Gasteiger partial charge in [-0.2, -0.15) is 0 Å². The number of pyridine rings is 1. The summed E-state index contributed by atoms with van der Waals surface area (Å²) >= 11 is 0. The Morgan fingerprint density at radius 3 is 2.68 bits per heavy atom. The lowest BCUT2D eigenvalue weighted by atomic mass is 10.1. The fraction of sp³-hybridized carbons (Fsp3) is 0.105. The fourth-order valence-corrected chi connectivity index (χ4v) is 2.87. The van der Waals surface area contributed by atoms with Crippen molar-refractivity contribution in [2.45, 2.75) is 6.04 Å². The van der Waals surface area contributed by atoms with E-state index in [2.05, 4.69) is 25.6 Å². The van der Waals surface area contributed by atoms with Crippen LogP contribution in [0.25, 0.3) is 17.1 Å². The largest absolute Gasteiger partial charge is 0.394 e. The first kappa shape index (κ1) is 21.4. The highest BCUT2D eigenvalue weighted by Crippen LogP contribution is 2.20. The van der Waals surface area contributed by atoms with Crippen LogP contribution in [0.3, 0.4) is 0 Å². The predicted octanol–water partition coefficient (Wildman–Crippen LogP) is 2.56. The Morgan fingerprint density at radius 2 is 1.93 bits per heavy atom. The van der Waals surface area contributed by atoms with Gasteiger partial charge in [-0.05, 0) is 23.8 Å². The van der Waals surface area contributed by atoms with E-state index in [1.807, 2.05) is 42.5 Å². The number of fused-ring (bicyclic) bond motifs is 1. The standard InChI is InChI=1S/C19H17N5O2.2ClH/c25-11-16(12-5-2-1-3-6-12)23-19-22-15(18(26)24-19)9-13-10-21-17-14(13)7-4-8-20-17;;/h1-10,16,25H,11H2,(H,20,21)(H2,22,23,24,26);2*1H/b15-9-;;. The van der Waals surface area contributed by atoms with E-state index in [0.717, 1.165) is 22.2 Å². The smallest absolute Gasteiger partial charge is 0.276 e. The number of rotatable bonds is 4. The molecule has 0 radical (unpaired) electrons. The van der Waals surface area contributed by atoms with Gasteiger partial charge < -0.3 is 15.4 Å². The molecule has 4 rings (SSSR count).